The molecule has 0 aliphatic heterocycles. The Hall–Kier alpha value is -1.18. The first-order valence-electron chi connectivity index (χ1n) is 7.14. The van der Waals surface area contributed by atoms with Crippen LogP contribution in [-0.2, 0) is 0 Å². The van der Waals surface area contributed by atoms with E-state index < -0.39 is 0 Å². The number of ether oxygens (including phenoxy) is 1. The molecule has 0 heterocycles. The van der Waals surface area contributed by atoms with Crippen molar-refractivity contribution in [1.29, 1.82) is 0 Å². The summed E-state index contributed by atoms with van der Waals surface area (Å²) in [5, 5.41) is 0. The molecule has 0 bridgehead atoms. The summed E-state index contributed by atoms with van der Waals surface area (Å²) in [7, 11) is 0. The SMILES string of the molecule is CCCCCCCCOc1cc(C)c(N)cc1C. The molecule has 0 atom stereocenters. The zero-order valence-corrected chi connectivity index (χ0v) is 12.1. The fourth-order valence-corrected chi connectivity index (χ4v) is 2.03. The molecule has 2 heteroatoms. The Balaban J connectivity index is 2.25. The van der Waals surface area contributed by atoms with Crippen LogP contribution in [0.5, 0.6) is 5.75 Å². The highest BCUT2D eigenvalue weighted by molar-refractivity contribution is 5.53. The van der Waals surface area contributed by atoms with E-state index in [4.69, 9.17) is 10.5 Å². The van der Waals surface area contributed by atoms with E-state index in [0.29, 0.717) is 0 Å². The summed E-state index contributed by atoms with van der Waals surface area (Å²) in [5.41, 5.74) is 8.93. The summed E-state index contributed by atoms with van der Waals surface area (Å²) in [6.45, 7) is 7.13. The summed E-state index contributed by atoms with van der Waals surface area (Å²) in [6.07, 6.45) is 7.77. The average molecular weight is 249 g/mol. The van der Waals surface area contributed by atoms with Crippen LogP contribution in [0, 0.1) is 13.8 Å². The number of rotatable bonds is 8. The molecule has 1 rings (SSSR count). The Bertz CT molecular complexity index is 360. The van der Waals surface area contributed by atoms with Gasteiger partial charge < -0.3 is 10.5 Å². The molecule has 0 unspecified atom stereocenters. The summed E-state index contributed by atoms with van der Waals surface area (Å²) in [4.78, 5) is 0. The number of nitrogens with two attached hydrogens (primary N) is 1. The smallest absolute Gasteiger partial charge is 0.122 e. The third-order valence-corrected chi connectivity index (χ3v) is 3.32. The summed E-state index contributed by atoms with van der Waals surface area (Å²) >= 11 is 0. The van der Waals surface area contributed by atoms with Gasteiger partial charge >= 0.3 is 0 Å². The molecule has 0 radical (unpaired) electrons. The number of hydrogen-bond donors (Lipinski definition) is 1. The number of benzene rings is 1. The van der Waals surface area contributed by atoms with Gasteiger partial charge in [0.25, 0.3) is 0 Å². The van der Waals surface area contributed by atoms with Crippen LogP contribution >= 0.6 is 0 Å². The molecule has 2 N–H and O–H groups in total. The fraction of sp³-hybridized carbons (Fsp3) is 0.625. The quantitative estimate of drug-likeness (QED) is 0.538. The van der Waals surface area contributed by atoms with Crippen molar-refractivity contribution in [2.75, 3.05) is 12.3 Å². The Morgan fingerprint density at radius 3 is 2.33 bits per heavy atom. The molecule has 0 spiro atoms. The standard InChI is InChI=1S/C16H27NO/c1-4-5-6-7-8-9-10-18-16-12-13(2)15(17)11-14(16)3/h11-12H,4-10,17H2,1-3H3. The third-order valence-electron chi connectivity index (χ3n) is 3.32. The largest absolute Gasteiger partial charge is 0.493 e. The van der Waals surface area contributed by atoms with Gasteiger partial charge in [0.2, 0.25) is 0 Å². The van der Waals surface area contributed by atoms with Gasteiger partial charge in [-0.1, -0.05) is 39.0 Å². The Morgan fingerprint density at radius 2 is 1.61 bits per heavy atom. The van der Waals surface area contributed by atoms with Gasteiger partial charge in [-0.25, -0.2) is 0 Å². The van der Waals surface area contributed by atoms with Gasteiger partial charge in [0.1, 0.15) is 5.75 Å². The Morgan fingerprint density at radius 1 is 0.944 bits per heavy atom. The maximum atomic E-state index is 5.86. The van der Waals surface area contributed by atoms with Crippen LogP contribution in [0.25, 0.3) is 0 Å². The topological polar surface area (TPSA) is 35.2 Å². The van der Waals surface area contributed by atoms with Crippen LogP contribution in [0.4, 0.5) is 5.69 Å². The van der Waals surface area contributed by atoms with Crippen LogP contribution in [0.1, 0.15) is 56.6 Å². The van der Waals surface area contributed by atoms with E-state index in [2.05, 4.69) is 6.92 Å². The van der Waals surface area contributed by atoms with E-state index in [1.165, 1.54) is 32.1 Å². The predicted molar refractivity (Wildman–Crippen MR) is 79.2 cm³/mol. The molecule has 0 saturated carbocycles. The molecule has 1 aromatic carbocycles. The van der Waals surface area contributed by atoms with E-state index in [1.54, 1.807) is 0 Å². The minimum absolute atomic E-state index is 0.816. The van der Waals surface area contributed by atoms with Gasteiger partial charge in [0.05, 0.1) is 6.61 Å². The minimum atomic E-state index is 0.816. The minimum Gasteiger partial charge on any atom is -0.493 e. The van der Waals surface area contributed by atoms with Gasteiger partial charge in [-0.3, -0.25) is 0 Å². The fourth-order valence-electron chi connectivity index (χ4n) is 2.03. The molecular weight excluding hydrogens is 222 g/mol. The van der Waals surface area contributed by atoms with Gasteiger partial charge in [0, 0.05) is 5.69 Å². The van der Waals surface area contributed by atoms with Gasteiger partial charge in [0.15, 0.2) is 0 Å². The van der Waals surface area contributed by atoms with E-state index in [-0.39, 0.29) is 0 Å². The van der Waals surface area contributed by atoms with Crippen LogP contribution in [0.15, 0.2) is 12.1 Å². The van der Waals surface area contributed by atoms with Crippen molar-refractivity contribution >= 4 is 5.69 Å². The van der Waals surface area contributed by atoms with Crippen molar-refractivity contribution < 1.29 is 4.74 Å². The first-order valence-corrected chi connectivity index (χ1v) is 7.14. The van der Waals surface area contributed by atoms with Crippen LogP contribution in [0.2, 0.25) is 0 Å². The lowest BCUT2D eigenvalue weighted by Crippen LogP contribution is -2.00. The maximum Gasteiger partial charge on any atom is 0.122 e. The van der Waals surface area contributed by atoms with Crippen molar-refractivity contribution in [3.8, 4) is 5.75 Å². The number of unbranched alkanes of at least 4 members (excludes halogenated alkanes) is 5. The second-order valence-electron chi connectivity index (χ2n) is 5.09. The van der Waals surface area contributed by atoms with Gasteiger partial charge in [-0.15, -0.1) is 0 Å². The first-order chi connectivity index (χ1) is 8.65. The molecule has 18 heavy (non-hydrogen) atoms. The second-order valence-corrected chi connectivity index (χ2v) is 5.09. The summed E-state index contributed by atoms with van der Waals surface area (Å²) < 4.78 is 5.82. The van der Waals surface area contributed by atoms with Crippen molar-refractivity contribution in [3.63, 3.8) is 0 Å². The van der Waals surface area contributed by atoms with Gasteiger partial charge in [-0.05, 0) is 43.5 Å². The molecule has 0 fully saturated rings. The number of aryl methyl sites for hydroxylation is 2. The summed E-state index contributed by atoms with van der Waals surface area (Å²) in [5.74, 6) is 0.982. The van der Waals surface area contributed by atoms with Crippen molar-refractivity contribution in [2.45, 2.75) is 59.3 Å². The molecule has 0 saturated heterocycles. The van der Waals surface area contributed by atoms with E-state index >= 15 is 0 Å². The number of anilines is 1. The molecule has 0 aliphatic rings. The Labute approximate surface area is 112 Å². The molecule has 1 aromatic rings. The molecule has 0 aromatic heterocycles. The zero-order chi connectivity index (χ0) is 13.4. The lowest BCUT2D eigenvalue weighted by Gasteiger charge is -2.11. The molecule has 0 amide bonds. The second kappa shape index (κ2) is 8.02. The van der Waals surface area contributed by atoms with E-state index in [9.17, 15) is 0 Å². The Kier molecular flexibility index (Phi) is 6.63. The van der Waals surface area contributed by atoms with Crippen LogP contribution in [-0.4, -0.2) is 6.61 Å². The van der Waals surface area contributed by atoms with Crippen LogP contribution in [0.3, 0.4) is 0 Å². The highest BCUT2D eigenvalue weighted by Gasteiger charge is 2.03. The number of hydrogen-bond acceptors (Lipinski definition) is 2. The van der Waals surface area contributed by atoms with Crippen molar-refractivity contribution in [3.05, 3.63) is 23.3 Å². The lowest BCUT2D eigenvalue weighted by atomic mass is 10.1. The molecule has 2 nitrogen and oxygen atoms in total. The van der Waals surface area contributed by atoms with E-state index in [0.717, 1.165) is 35.6 Å². The van der Waals surface area contributed by atoms with Crippen molar-refractivity contribution in [2.24, 2.45) is 0 Å². The predicted octanol–water partition coefficient (Wildman–Crippen LogP) is 4.62. The highest BCUT2D eigenvalue weighted by Crippen LogP contribution is 2.24. The summed E-state index contributed by atoms with van der Waals surface area (Å²) in [6, 6.07) is 4.04. The highest BCUT2D eigenvalue weighted by atomic mass is 16.5. The van der Waals surface area contributed by atoms with Crippen LogP contribution < -0.4 is 10.5 Å². The van der Waals surface area contributed by atoms with Crippen molar-refractivity contribution in [1.82, 2.24) is 0 Å². The molecule has 0 aliphatic carbocycles. The normalized spacial score (nSPS) is 10.6. The number of nitrogen functional groups attached to an aromatic ring is 1. The monoisotopic (exact) mass is 249 g/mol. The third kappa shape index (κ3) is 4.99. The molecule has 102 valence electrons. The lowest BCUT2D eigenvalue weighted by molar-refractivity contribution is 0.302. The van der Waals surface area contributed by atoms with E-state index in [1.807, 2.05) is 26.0 Å². The first kappa shape index (κ1) is 14.9. The zero-order valence-electron chi connectivity index (χ0n) is 12.1. The van der Waals surface area contributed by atoms with Gasteiger partial charge in [-0.2, -0.15) is 0 Å². The molecular formula is C16H27NO. The maximum absolute atomic E-state index is 5.86. The average Bonchev–Trinajstić information content (AvgIpc) is 2.34.